The Morgan fingerprint density at radius 3 is 2.58 bits per heavy atom. The number of carbonyl (C=O) groups is 2. The summed E-state index contributed by atoms with van der Waals surface area (Å²) in [5.41, 5.74) is 3.10. The highest BCUT2D eigenvalue weighted by Gasteiger charge is 2.26. The van der Waals surface area contributed by atoms with Gasteiger partial charge in [-0.2, -0.15) is 0 Å². The highest BCUT2D eigenvalue weighted by atomic mass is 16.4. The average molecular weight is 326 g/mol. The van der Waals surface area contributed by atoms with Gasteiger partial charge in [0.1, 0.15) is 5.69 Å². The SMILES string of the molecule is CCc1ccc(C(=O)N2CCCC(c3ccc(C(=O)O)cc3)C2)[nH]1. The van der Waals surface area contributed by atoms with Gasteiger partial charge in [0.05, 0.1) is 5.56 Å². The van der Waals surface area contributed by atoms with Crippen LogP contribution in [0, 0.1) is 0 Å². The molecule has 1 aliphatic rings. The normalized spacial score (nSPS) is 17.7. The Bertz CT molecular complexity index is 733. The Morgan fingerprint density at radius 2 is 1.96 bits per heavy atom. The van der Waals surface area contributed by atoms with Crippen LogP contribution in [0.5, 0.6) is 0 Å². The van der Waals surface area contributed by atoms with Crippen LogP contribution in [0.25, 0.3) is 0 Å². The summed E-state index contributed by atoms with van der Waals surface area (Å²) in [6.07, 6.45) is 2.85. The molecule has 1 atom stereocenters. The van der Waals surface area contributed by atoms with Crippen molar-refractivity contribution in [3.05, 3.63) is 58.9 Å². The number of amides is 1. The van der Waals surface area contributed by atoms with Crippen LogP contribution in [-0.4, -0.2) is 40.0 Å². The van der Waals surface area contributed by atoms with E-state index in [2.05, 4.69) is 11.9 Å². The van der Waals surface area contributed by atoms with Crippen LogP contribution in [-0.2, 0) is 6.42 Å². The fourth-order valence-electron chi connectivity index (χ4n) is 3.27. The first kappa shape index (κ1) is 16.3. The number of piperidine rings is 1. The molecule has 0 aliphatic carbocycles. The van der Waals surface area contributed by atoms with Crippen LogP contribution in [0.3, 0.4) is 0 Å². The number of benzene rings is 1. The van der Waals surface area contributed by atoms with Crippen LogP contribution in [0.15, 0.2) is 36.4 Å². The average Bonchev–Trinajstić information content (AvgIpc) is 3.10. The number of likely N-dealkylation sites (tertiary alicyclic amines) is 1. The molecule has 5 heteroatoms. The predicted molar refractivity (Wildman–Crippen MR) is 91.5 cm³/mol. The maximum atomic E-state index is 12.7. The highest BCUT2D eigenvalue weighted by molar-refractivity contribution is 5.92. The predicted octanol–water partition coefficient (Wildman–Crippen LogP) is 3.30. The van der Waals surface area contributed by atoms with Crippen LogP contribution >= 0.6 is 0 Å². The number of nitrogens with one attached hydrogen (secondary N) is 1. The van der Waals surface area contributed by atoms with Gasteiger partial charge in [-0.05, 0) is 49.1 Å². The number of carboxylic acid groups (broad SMARTS) is 1. The minimum Gasteiger partial charge on any atom is -0.478 e. The van der Waals surface area contributed by atoms with E-state index in [0.29, 0.717) is 17.8 Å². The van der Waals surface area contributed by atoms with Gasteiger partial charge in [-0.15, -0.1) is 0 Å². The van der Waals surface area contributed by atoms with Crippen molar-refractivity contribution in [1.82, 2.24) is 9.88 Å². The van der Waals surface area contributed by atoms with Crippen molar-refractivity contribution < 1.29 is 14.7 Å². The maximum absolute atomic E-state index is 12.7. The van der Waals surface area contributed by atoms with Crippen molar-refractivity contribution in [2.24, 2.45) is 0 Å². The molecule has 5 nitrogen and oxygen atoms in total. The molecule has 0 bridgehead atoms. The smallest absolute Gasteiger partial charge is 0.335 e. The summed E-state index contributed by atoms with van der Waals surface area (Å²) in [4.78, 5) is 28.7. The zero-order chi connectivity index (χ0) is 17.1. The number of aromatic nitrogens is 1. The minimum atomic E-state index is -0.916. The molecule has 1 fully saturated rings. The molecule has 0 radical (unpaired) electrons. The van der Waals surface area contributed by atoms with Crippen LogP contribution in [0.2, 0.25) is 0 Å². The zero-order valence-corrected chi connectivity index (χ0v) is 13.8. The van der Waals surface area contributed by atoms with Gasteiger partial charge >= 0.3 is 5.97 Å². The second kappa shape index (κ2) is 6.91. The number of hydrogen-bond acceptors (Lipinski definition) is 2. The Kier molecular flexibility index (Phi) is 4.69. The first-order valence-corrected chi connectivity index (χ1v) is 8.39. The number of carboxylic acids is 1. The first-order valence-electron chi connectivity index (χ1n) is 8.39. The van der Waals surface area contributed by atoms with Gasteiger partial charge in [-0.3, -0.25) is 4.79 Å². The van der Waals surface area contributed by atoms with Gasteiger partial charge in [0.15, 0.2) is 0 Å². The van der Waals surface area contributed by atoms with Gasteiger partial charge < -0.3 is 15.0 Å². The van der Waals surface area contributed by atoms with Crippen molar-refractivity contribution >= 4 is 11.9 Å². The van der Waals surface area contributed by atoms with Gasteiger partial charge in [-0.1, -0.05) is 19.1 Å². The van der Waals surface area contributed by atoms with Crippen LogP contribution in [0.4, 0.5) is 0 Å². The molecule has 1 unspecified atom stereocenters. The van der Waals surface area contributed by atoms with E-state index in [0.717, 1.165) is 37.1 Å². The monoisotopic (exact) mass is 326 g/mol. The lowest BCUT2D eigenvalue weighted by Crippen LogP contribution is -2.39. The third-order valence-electron chi connectivity index (χ3n) is 4.70. The van der Waals surface area contributed by atoms with Crippen molar-refractivity contribution in [2.75, 3.05) is 13.1 Å². The Balaban J connectivity index is 1.71. The summed E-state index contributed by atoms with van der Waals surface area (Å²) in [6, 6.07) is 10.8. The number of aromatic amines is 1. The lowest BCUT2D eigenvalue weighted by atomic mass is 9.90. The first-order chi connectivity index (χ1) is 11.6. The zero-order valence-electron chi connectivity index (χ0n) is 13.8. The van der Waals surface area contributed by atoms with Gasteiger partial charge in [0, 0.05) is 24.7 Å². The number of nitrogens with zero attached hydrogens (tertiary/aromatic N) is 1. The molecule has 1 aromatic heterocycles. The quantitative estimate of drug-likeness (QED) is 0.905. The number of rotatable bonds is 4. The van der Waals surface area contributed by atoms with E-state index in [9.17, 15) is 9.59 Å². The van der Waals surface area contributed by atoms with Crippen LogP contribution in [0.1, 0.15) is 57.8 Å². The molecule has 0 spiro atoms. The molecule has 2 N–H and O–H groups in total. The third-order valence-corrected chi connectivity index (χ3v) is 4.70. The van der Waals surface area contributed by atoms with E-state index in [1.165, 1.54) is 0 Å². The molecule has 1 aliphatic heterocycles. The molecular weight excluding hydrogens is 304 g/mol. The van der Waals surface area contributed by atoms with E-state index in [1.54, 1.807) is 12.1 Å². The molecular formula is C19H22N2O3. The largest absolute Gasteiger partial charge is 0.478 e. The number of aryl methyl sites for hydroxylation is 1. The van der Waals surface area contributed by atoms with E-state index in [-0.39, 0.29) is 11.8 Å². The van der Waals surface area contributed by atoms with Gasteiger partial charge in [0.2, 0.25) is 0 Å². The summed E-state index contributed by atoms with van der Waals surface area (Å²) in [6.45, 7) is 3.49. The molecule has 24 heavy (non-hydrogen) atoms. The summed E-state index contributed by atoms with van der Waals surface area (Å²) >= 11 is 0. The summed E-state index contributed by atoms with van der Waals surface area (Å²) in [5, 5.41) is 8.99. The van der Waals surface area contributed by atoms with Crippen LogP contribution < -0.4 is 0 Å². The van der Waals surface area contributed by atoms with Gasteiger partial charge in [-0.25, -0.2) is 4.79 Å². The van der Waals surface area contributed by atoms with Crippen molar-refractivity contribution in [3.8, 4) is 0 Å². The molecule has 126 valence electrons. The fraction of sp³-hybridized carbons (Fsp3) is 0.368. The van der Waals surface area contributed by atoms with Crippen molar-refractivity contribution in [1.29, 1.82) is 0 Å². The second-order valence-corrected chi connectivity index (χ2v) is 6.27. The van der Waals surface area contributed by atoms with Crippen molar-refractivity contribution in [2.45, 2.75) is 32.1 Å². The lowest BCUT2D eigenvalue weighted by molar-refractivity contribution is 0.0692. The highest BCUT2D eigenvalue weighted by Crippen LogP contribution is 2.28. The van der Waals surface area contributed by atoms with E-state index >= 15 is 0 Å². The minimum absolute atomic E-state index is 0.0431. The second-order valence-electron chi connectivity index (χ2n) is 6.27. The number of aromatic carboxylic acids is 1. The van der Waals surface area contributed by atoms with E-state index < -0.39 is 5.97 Å². The maximum Gasteiger partial charge on any atom is 0.335 e. The Hall–Kier alpha value is -2.56. The molecule has 3 rings (SSSR count). The number of carbonyl (C=O) groups excluding carboxylic acids is 1. The van der Waals surface area contributed by atoms with Gasteiger partial charge in [0.25, 0.3) is 5.91 Å². The summed E-state index contributed by atoms with van der Waals surface area (Å²) < 4.78 is 0. The summed E-state index contributed by atoms with van der Waals surface area (Å²) in [7, 11) is 0. The molecule has 1 saturated heterocycles. The number of H-pyrrole nitrogens is 1. The standard InChI is InChI=1S/C19H22N2O3/c1-2-16-9-10-17(20-16)18(22)21-11-3-4-15(12-21)13-5-7-14(8-6-13)19(23)24/h5-10,15,20H,2-4,11-12H2,1H3,(H,23,24). The molecule has 2 aromatic rings. The van der Waals surface area contributed by atoms with Crippen molar-refractivity contribution in [3.63, 3.8) is 0 Å². The molecule has 1 amide bonds. The lowest BCUT2D eigenvalue weighted by Gasteiger charge is -2.33. The number of hydrogen-bond donors (Lipinski definition) is 2. The Morgan fingerprint density at radius 1 is 1.21 bits per heavy atom. The summed E-state index contributed by atoms with van der Waals surface area (Å²) in [5.74, 6) is -0.617. The molecule has 0 saturated carbocycles. The molecule has 2 heterocycles. The molecule has 1 aromatic carbocycles. The fourth-order valence-corrected chi connectivity index (χ4v) is 3.27. The third kappa shape index (κ3) is 3.35. The Labute approximate surface area is 141 Å². The topological polar surface area (TPSA) is 73.4 Å². The van der Waals surface area contributed by atoms with E-state index in [4.69, 9.17) is 5.11 Å². The van der Waals surface area contributed by atoms with E-state index in [1.807, 2.05) is 29.2 Å².